The minimum absolute atomic E-state index is 0. The second kappa shape index (κ2) is 567. The molecule has 0 spiro atoms. The second-order valence-corrected chi connectivity index (χ2v) is 0. The van der Waals surface area contributed by atoms with Crippen LogP contribution in [-0.4, -0.2) is 0 Å². The summed E-state index contributed by atoms with van der Waals surface area (Å²) < 4.78 is 0. The average Bonchev–Trinajstić information content (AvgIpc) is 0. The summed E-state index contributed by atoms with van der Waals surface area (Å²) >= 11 is 0. The summed E-state index contributed by atoms with van der Waals surface area (Å²) in [6.45, 7) is 0. The molecule has 13 heteroatoms. The first kappa shape index (κ1) is 704. The molecule has 0 aromatic carbocycles. The molecule has 0 N–H and O–H groups in total. The third-order valence-corrected chi connectivity index (χ3v) is 0. The Morgan fingerprint density at radius 1 is 0.231 bits per heavy atom. The SMILES string of the molecule is [Fe].[Fe].[Mo].[Mo].[O-2].[O-2].[O-2].[O-2].[O-2].[O-2].[O-2].[O-2].[O-2]. The van der Waals surface area contributed by atoms with Crippen molar-refractivity contribution in [1.82, 2.24) is 0 Å². The molecule has 0 aliphatic carbocycles. The molecule has 0 aliphatic heterocycles. The van der Waals surface area contributed by atoms with E-state index in [1.807, 2.05) is 0 Å². The first-order chi connectivity index (χ1) is 0. The van der Waals surface area contributed by atoms with Crippen molar-refractivity contribution in [2.45, 2.75) is 0 Å². The van der Waals surface area contributed by atoms with Gasteiger partial charge < -0.3 is 49.3 Å². The van der Waals surface area contributed by atoms with Crippen LogP contribution in [0.4, 0.5) is 0 Å². The van der Waals surface area contributed by atoms with Crippen LogP contribution >= 0.6 is 0 Å². The second-order valence-electron chi connectivity index (χ2n) is 0. The molecule has 0 aromatic heterocycles. The van der Waals surface area contributed by atoms with Gasteiger partial charge in [-0.2, -0.15) is 0 Å². The Bertz CT molecular complexity index is 15.6. The normalized spacial score (nSPS) is 0. The summed E-state index contributed by atoms with van der Waals surface area (Å²) in [4.78, 5) is 0. The van der Waals surface area contributed by atoms with E-state index in [1.54, 1.807) is 0 Å². The maximum Gasteiger partial charge on any atom is 0 e. The molecule has 100 valence electrons. The Morgan fingerprint density at radius 3 is 0.231 bits per heavy atom. The van der Waals surface area contributed by atoms with Crippen LogP contribution in [0, 0.1) is 0 Å². The van der Waals surface area contributed by atoms with Gasteiger partial charge in [-0.25, -0.2) is 0 Å². The van der Waals surface area contributed by atoms with Gasteiger partial charge in [-0.1, -0.05) is 0 Å². The van der Waals surface area contributed by atoms with Crippen molar-refractivity contribution in [3.63, 3.8) is 0 Å². The largest absolute Gasteiger partial charge is 2.00 e. The Kier molecular flexibility index (Phi) is 30700. The van der Waals surface area contributed by atoms with Gasteiger partial charge in [0.2, 0.25) is 0 Å². The van der Waals surface area contributed by atoms with Crippen molar-refractivity contribution < 1.29 is 126 Å². The minimum atomic E-state index is 0. The fourth-order valence-corrected chi connectivity index (χ4v) is 0. The molecule has 0 bridgehead atoms. The van der Waals surface area contributed by atoms with Crippen molar-refractivity contribution in [2.24, 2.45) is 0 Å². The van der Waals surface area contributed by atoms with E-state index in [-0.39, 0.29) is 126 Å². The molecule has 9 nitrogen and oxygen atoms in total. The number of rotatable bonds is 0. The van der Waals surface area contributed by atoms with Crippen molar-refractivity contribution in [2.75, 3.05) is 0 Å². The Labute approximate surface area is 125 Å². The van der Waals surface area contributed by atoms with Gasteiger partial charge in [0, 0.05) is 76.3 Å². The molecule has 0 atom stereocenters. The minimum Gasteiger partial charge on any atom is -2.00 e. The van der Waals surface area contributed by atoms with Gasteiger partial charge in [-0.3, -0.25) is 0 Å². The van der Waals surface area contributed by atoms with Gasteiger partial charge in [0.1, 0.15) is 0 Å². The van der Waals surface area contributed by atoms with Gasteiger partial charge in [0.05, 0.1) is 0 Å². The molecule has 0 saturated heterocycles. The third-order valence-electron chi connectivity index (χ3n) is 0. The third kappa shape index (κ3) is 483. The molecule has 13 heavy (non-hydrogen) atoms. The summed E-state index contributed by atoms with van der Waals surface area (Å²) in [5.74, 6) is 0. The van der Waals surface area contributed by atoms with Gasteiger partial charge in [0.15, 0.2) is 0 Å². The fraction of sp³-hybridized carbons (Fsp3) is 0. The van der Waals surface area contributed by atoms with E-state index < -0.39 is 0 Å². The summed E-state index contributed by atoms with van der Waals surface area (Å²) in [5, 5.41) is 0. The Morgan fingerprint density at radius 2 is 0.231 bits per heavy atom. The van der Waals surface area contributed by atoms with Gasteiger partial charge >= 0.3 is 0 Å². The zero-order valence-corrected chi connectivity index (χ0v) is 11.4. The molecule has 0 rings (SSSR count). The molecule has 0 fully saturated rings. The molecular weight excluding hydrogens is 448 g/mol. The molecule has 0 amide bonds. The molecule has 0 radical (unpaired) electrons. The van der Waals surface area contributed by atoms with Crippen LogP contribution in [0.15, 0.2) is 0 Å². The zero-order chi connectivity index (χ0) is 0. The van der Waals surface area contributed by atoms with Gasteiger partial charge in [-0.05, 0) is 0 Å². The molecule has 0 unspecified atom stereocenters. The van der Waals surface area contributed by atoms with Crippen LogP contribution in [-0.2, 0) is 126 Å². The fourth-order valence-electron chi connectivity index (χ4n) is 0. The molecule has 0 aromatic rings. The quantitative estimate of drug-likeness (QED) is 0.401. The van der Waals surface area contributed by atoms with Crippen LogP contribution in [0.2, 0.25) is 0 Å². The van der Waals surface area contributed by atoms with E-state index in [4.69, 9.17) is 0 Å². The summed E-state index contributed by atoms with van der Waals surface area (Å²) in [5.41, 5.74) is 0. The zero-order valence-electron chi connectivity index (χ0n) is 5.20. The van der Waals surface area contributed by atoms with Gasteiger partial charge in [0.25, 0.3) is 0 Å². The predicted molar refractivity (Wildman–Crippen MR) is 6.18 cm³/mol. The first-order valence-corrected chi connectivity index (χ1v) is 0. The van der Waals surface area contributed by atoms with Crippen LogP contribution in [0.25, 0.3) is 0 Å². The van der Waals surface area contributed by atoms with Crippen molar-refractivity contribution in [3.05, 3.63) is 0 Å². The predicted octanol–water partition coefficient (Wildman–Crippen LogP) is -1.08. The summed E-state index contributed by atoms with van der Waals surface area (Å²) in [6, 6.07) is 0. The maximum atomic E-state index is 0. The number of hydrogen-bond acceptors (Lipinski definition) is 0. The van der Waals surface area contributed by atoms with E-state index in [0.717, 1.165) is 0 Å². The molecule has 0 heterocycles. The van der Waals surface area contributed by atoms with Crippen LogP contribution in [0.3, 0.4) is 0 Å². The standard InChI is InChI=1S/2Fe.2Mo.9O/q;;;;9*-2. The van der Waals surface area contributed by atoms with E-state index in [0.29, 0.717) is 0 Å². The Balaban J connectivity index is 0. The van der Waals surface area contributed by atoms with Crippen molar-refractivity contribution in [3.8, 4) is 0 Å². The molecule has 0 aliphatic rings. The van der Waals surface area contributed by atoms with Gasteiger partial charge in [-0.15, -0.1) is 0 Å². The Hall–Kier alpha value is 2.06. The topological polar surface area (TPSA) is 256 Å². The van der Waals surface area contributed by atoms with Crippen LogP contribution in [0.1, 0.15) is 0 Å². The van der Waals surface area contributed by atoms with Crippen LogP contribution < -0.4 is 0 Å². The number of hydrogen-bond donors (Lipinski definition) is 0. The van der Waals surface area contributed by atoms with E-state index in [2.05, 4.69) is 0 Å². The van der Waals surface area contributed by atoms with E-state index in [1.165, 1.54) is 0 Å². The van der Waals surface area contributed by atoms with E-state index >= 15 is 0 Å². The first-order valence-electron chi connectivity index (χ1n) is 0. The average molecular weight is 448 g/mol. The summed E-state index contributed by atoms with van der Waals surface area (Å²) in [7, 11) is 0. The molecule has 0 saturated carbocycles. The van der Waals surface area contributed by atoms with Crippen molar-refractivity contribution in [1.29, 1.82) is 0 Å². The monoisotopic (exact) mass is 452 g/mol. The molecular formula is Fe2Mo2O9-18. The van der Waals surface area contributed by atoms with Crippen molar-refractivity contribution >= 4 is 0 Å². The van der Waals surface area contributed by atoms with Crippen LogP contribution in [0.5, 0.6) is 0 Å². The van der Waals surface area contributed by atoms with E-state index in [9.17, 15) is 0 Å². The summed E-state index contributed by atoms with van der Waals surface area (Å²) in [6.07, 6.45) is 0. The maximum absolute atomic E-state index is 0. The smallest absolute Gasteiger partial charge is 0 e.